The third kappa shape index (κ3) is 3.05. The first kappa shape index (κ1) is 11.1. The van der Waals surface area contributed by atoms with Gasteiger partial charge in [0.05, 0.1) is 6.20 Å². The van der Waals surface area contributed by atoms with Gasteiger partial charge in [0.15, 0.2) is 5.65 Å². The first-order valence-corrected chi connectivity index (χ1v) is 5.29. The lowest BCUT2D eigenvalue weighted by Gasteiger charge is -1.94. The predicted molar refractivity (Wildman–Crippen MR) is 64.1 cm³/mol. The fourth-order valence-corrected chi connectivity index (χ4v) is 1.34. The van der Waals surface area contributed by atoms with Gasteiger partial charge in [-0.25, -0.2) is 9.97 Å². The summed E-state index contributed by atoms with van der Waals surface area (Å²) in [5.74, 6) is 5.81. The highest BCUT2D eigenvalue weighted by molar-refractivity contribution is 5.72. The van der Waals surface area contributed by atoms with Crippen molar-refractivity contribution in [3.05, 3.63) is 24.2 Å². The van der Waals surface area contributed by atoms with Gasteiger partial charge in [0, 0.05) is 26.1 Å². The van der Waals surface area contributed by atoms with Crippen molar-refractivity contribution < 1.29 is 4.79 Å². The van der Waals surface area contributed by atoms with Gasteiger partial charge in [-0.15, -0.1) is 0 Å². The van der Waals surface area contributed by atoms with Crippen molar-refractivity contribution in [2.24, 2.45) is 0 Å². The monoisotopic (exact) mass is 228 g/mol. The Hall–Kier alpha value is -2.35. The predicted octanol–water partition coefficient (Wildman–Crippen LogP) is 0.836. The van der Waals surface area contributed by atoms with E-state index in [4.69, 9.17) is 0 Å². The highest BCUT2D eigenvalue weighted by atomic mass is 16.1. The molecule has 2 N–H and O–H groups in total. The Balaban J connectivity index is 1.98. The first-order valence-electron chi connectivity index (χ1n) is 5.29. The zero-order valence-corrected chi connectivity index (χ0v) is 9.45. The molecular weight excluding hydrogens is 216 g/mol. The number of rotatable bonds is 2. The third-order valence-electron chi connectivity index (χ3n) is 2.10. The molecule has 2 heterocycles. The Bertz CT molecular complexity index is 591. The number of amides is 1. The van der Waals surface area contributed by atoms with Crippen LogP contribution in [-0.4, -0.2) is 27.4 Å². The molecule has 0 aromatic carbocycles. The molecule has 0 aliphatic carbocycles. The minimum Gasteiger partial charge on any atom is -0.355 e. The zero-order chi connectivity index (χ0) is 12.1. The van der Waals surface area contributed by atoms with Crippen molar-refractivity contribution in [2.45, 2.75) is 13.3 Å². The van der Waals surface area contributed by atoms with Crippen LogP contribution in [0.25, 0.3) is 11.2 Å². The van der Waals surface area contributed by atoms with Crippen LogP contribution in [0.4, 0.5) is 0 Å². The number of H-pyrrole nitrogens is 1. The van der Waals surface area contributed by atoms with Gasteiger partial charge in [-0.1, -0.05) is 5.92 Å². The van der Waals surface area contributed by atoms with Crippen molar-refractivity contribution in [3.63, 3.8) is 0 Å². The fourth-order valence-electron chi connectivity index (χ4n) is 1.34. The lowest BCUT2D eigenvalue weighted by atomic mass is 10.3. The van der Waals surface area contributed by atoms with Crippen molar-refractivity contribution in [1.82, 2.24) is 20.3 Å². The van der Waals surface area contributed by atoms with Crippen LogP contribution in [0.5, 0.6) is 0 Å². The standard InChI is InChI=1S/C12H12N4O/c1-9(17)13-6-3-2-4-10-8-15-12-11(16-10)5-7-14-12/h5,7-8H,3,6H2,1H3,(H,13,17)(H,14,15). The summed E-state index contributed by atoms with van der Waals surface area (Å²) in [7, 11) is 0. The SMILES string of the molecule is CC(=O)NCCC#Cc1cnc2[nH]ccc2n1. The maximum Gasteiger partial charge on any atom is 0.216 e. The molecule has 2 aromatic heterocycles. The quantitative estimate of drug-likeness (QED) is 0.591. The maximum atomic E-state index is 10.6. The highest BCUT2D eigenvalue weighted by Crippen LogP contribution is 2.05. The average Bonchev–Trinajstić information content (AvgIpc) is 2.75. The molecule has 1 amide bonds. The first-order chi connectivity index (χ1) is 8.25. The Morgan fingerprint density at radius 1 is 1.59 bits per heavy atom. The summed E-state index contributed by atoms with van der Waals surface area (Å²) >= 11 is 0. The maximum absolute atomic E-state index is 10.6. The van der Waals surface area contributed by atoms with Crippen LogP contribution in [0.2, 0.25) is 0 Å². The van der Waals surface area contributed by atoms with Gasteiger partial charge in [-0.05, 0) is 12.0 Å². The molecule has 86 valence electrons. The molecule has 0 unspecified atom stereocenters. The molecule has 0 atom stereocenters. The topological polar surface area (TPSA) is 70.7 Å². The number of nitrogens with one attached hydrogen (secondary N) is 2. The second-order valence-corrected chi connectivity index (χ2v) is 3.50. The van der Waals surface area contributed by atoms with E-state index >= 15 is 0 Å². The van der Waals surface area contributed by atoms with Crippen molar-refractivity contribution in [2.75, 3.05) is 6.54 Å². The molecule has 0 bridgehead atoms. The number of hydrogen-bond donors (Lipinski definition) is 2. The number of hydrogen-bond acceptors (Lipinski definition) is 3. The van der Waals surface area contributed by atoms with Gasteiger partial charge in [0.2, 0.25) is 5.91 Å². The van der Waals surface area contributed by atoms with Gasteiger partial charge in [0.25, 0.3) is 0 Å². The number of nitrogens with zero attached hydrogens (tertiary/aromatic N) is 2. The average molecular weight is 228 g/mol. The van der Waals surface area contributed by atoms with Crippen LogP contribution in [0.1, 0.15) is 19.0 Å². The van der Waals surface area contributed by atoms with Crippen LogP contribution in [0, 0.1) is 11.8 Å². The van der Waals surface area contributed by atoms with Crippen LogP contribution < -0.4 is 5.32 Å². The molecule has 0 saturated heterocycles. The number of aromatic amines is 1. The van der Waals surface area contributed by atoms with E-state index in [1.807, 2.05) is 6.07 Å². The van der Waals surface area contributed by atoms with Gasteiger partial charge in [0.1, 0.15) is 11.2 Å². The van der Waals surface area contributed by atoms with E-state index in [1.165, 1.54) is 6.92 Å². The Morgan fingerprint density at radius 2 is 2.47 bits per heavy atom. The van der Waals surface area contributed by atoms with Crippen LogP contribution in [0.15, 0.2) is 18.5 Å². The molecule has 2 rings (SSSR count). The van der Waals surface area contributed by atoms with Crippen molar-refractivity contribution in [3.8, 4) is 11.8 Å². The minimum atomic E-state index is -0.0414. The summed E-state index contributed by atoms with van der Waals surface area (Å²) < 4.78 is 0. The van der Waals surface area contributed by atoms with Crippen LogP contribution in [-0.2, 0) is 4.79 Å². The van der Waals surface area contributed by atoms with Gasteiger partial charge in [-0.2, -0.15) is 0 Å². The summed E-state index contributed by atoms with van der Waals surface area (Å²) in [5.41, 5.74) is 2.20. The molecule has 0 aliphatic heterocycles. The Morgan fingerprint density at radius 3 is 3.29 bits per heavy atom. The van der Waals surface area contributed by atoms with Crippen molar-refractivity contribution >= 4 is 17.1 Å². The Kier molecular flexibility index (Phi) is 3.36. The van der Waals surface area contributed by atoms with Crippen LogP contribution in [0.3, 0.4) is 0 Å². The summed E-state index contributed by atoms with van der Waals surface area (Å²) in [5, 5.41) is 2.67. The zero-order valence-electron chi connectivity index (χ0n) is 9.45. The molecular formula is C12H12N4O. The molecule has 5 heteroatoms. The molecule has 17 heavy (non-hydrogen) atoms. The second-order valence-electron chi connectivity index (χ2n) is 3.50. The summed E-state index contributed by atoms with van der Waals surface area (Å²) in [6.45, 7) is 2.04. The van der Waals surface area contributed by atoms with E-state index in [1.54, 1.807) is 12.4 Å². The van der Waals surface area contributed by atoms with Gasteiger partial charge >= 0.3 is 0 Å². The van der Waals surface area contributed by atoms with E-state index < -0.39 is 0 Å². The third-order valence-corrected chi connectivity index (χ3v) is 2.10. The second kappa shape index (κ2) is 5.12. The fraction of sp³-hybridized carbons (Fsp3) is 0.250. The largest absolute Gasteiger partial charge is 0.355 e. The number of carbonyl (C=O) groups excluding carboxylic acids is 1. The van der Waals surface area contributed by atoms with Crippen molar-refractivity contribution in [1.29, 1.82) is 0 Å². The van der Waals surface area contributed by atoms with E-state index in [-0.39, 0.29) is 5.91 Å². The molecule has 2 aromatic rings. The van der Waals surface area contributed by atoms with Crippen LogP contribution >= 0.6 is 0 Å². The molecule has 0 saturated carbocycles. The summed E-state index contributed by atoms with van der Waals surface area (Å²) in [4.78, 5) is 22.1. The molecule has 0 fully saturated rings. The lowest BCUT2D eigenvalue weighted by Crippen LogP contribution is -2.20. The normalized spacial score (nSPS) is 9.71. The number of carbonyl (C=O) groups is 1. The smallest absolute Gasteiger partial charge is 0.216 e. The molecule has 5 nitrogen and oxygen atoms in total. The van der Waals surface area contributed by atoms with E-state index in [0.717, 1.165) is 11.2 Å². The molecule has 0 aliphatic rings. The summed E-state index contributed by atoms with van der Waals surface area (Å²) in [6, 6.07) is 1.85. The lowest BCUT2D eigenvalue weighted by molar-refractivity contribution is -0.118. The number of aromatic nitrogens is 3. The number of fused-ring (bicyclic) bond motifs is 1. The minimum absolute atomic E-state index is 0.0414. The van der Waals surface area contributed by atoms with E-state index in [0.29, 0.717) is 18.7 Å². The Labute approximate surface area is 98.7 Å². The van der Waals surface area contributed by atoms with E-state index in [9.17, 15) is 4.79 Å². The summed E-state index contributed by atoms with van der Waals surface area (Å²) in [6.07, 6.45) is 4.02. The molecule has 0 radical (unpaired) electrons. The van der Waals surface area contributed by atoms with E-state index in [2.05, 4.69) is 32.1 Å². The highest BCUT2D eigenvalue weighted by Gasteiger charge is 1.96. The van der Waals surface area contributed by atoms with Gasteiger partial charge < -0.3 is 10.3 Å². The van der Waals surface area contributed by atoms with Gasteiger partial charge in [-0.3, -0.25) is 4.79 Å². The molecule has 0 spiro atoms.